The maximum absolute atomic E-state index is 9.18. The monoisotopic (exact) mass is 95.0 g/mol. The molecule has 0 N–H and O–H groups in total. The van der Waals surface area contributed by atoms with Crippen LogP contribution in [0, 0.1) is 0 Å². The molecule has 0 saturated heterocycles. The molecule has 0 fully saturated rings. The van der Waals surface area contributed by atoms with Gasteiger partial charge in [0.1, 0.15) is 0 Å². The van der Waals surface area contributed by atoms with Crippen molar-refractivity contribution in [2.45, 2.75) is 0 Å². The van der Waals surface area contributed by atoms with Crippen molar-refractivity contribution >= 4 is 23.2 Å². The van der Waals surface area contributed by atoms with Gasteiger partial charge in [-0.3, -0.25) is 0 Å². The predicted molar refractivity (Wildman–Crippen MR) is 23.7 cm³/mol. The SMILES string of the molecule is [3H]PP[C-]=O. The van der Waals surface area contributed by atoms with Crippen molar-refractivity contribution in [3.8, 4) is 0 Å². The minimum atomic E-state index is 0.0120. The van der Waals surface area contributed by atoms with Crippen LogP contribution < -0.4 is 0 Å². The van der Waals surface area contributed by atoms with Crippen molar-refractivity contribution in [1.82, 2.24) is 0 Å². The Morgan fingerprint density at radius 1 is 2.50 bits per heavy atom. The van der Waals surface area contributed by atoms with Crippen LogP contribution in [0.1, 0.15) is 0 Å². The highest BCUT2D eigenvalue weighted by atomic mass is 32.0. The first-order chi connectivity index (χ1) is 2.41. The Labute approximate surface area is 30.3 Å². The van der Waals surface area contributed by atoms with Crippen LogP contribution >= 0.6 is 17.1 Å². The molecule has 2 atom stereocenters. The van der Waals surface area contributed by atoms with Gasteiger partial charge in [-0.25, -0.2) is 14.3 Å². The minimum absolute atomic E-state index is 0.0120. The highest BCUT2D eigenvalue weighted by molar-refractivity contribution is 8.10. The van der Waals surface area contributed by atoms with Gasteiger partial charge in [0, 0.05) is 0 Å². The number of hydrogen-bond acceptors (Lipinski definition) is 1. The summed E-state index contributed by atoms with van der Waals surface area (Å²) in [6.07, 6.45) is 0. The van der Waals surface area contributed by atoms with E-state index in [2.05, 4.69) is 0 Å². The molecule has 3 heteroatoms. The van der Waals surface area contributed by atoms with Gasteiger partial charge in [-0.2, -0.15) is 0 Å². The van der Waals surface area contributed by atoms with Crippen molar-refractivity contribution < 1.29 is 4.79 Å². The number of hydrogen-bond donors (Lipinski definition) is 0. The van der Waals surface area contributed by atoms with Gasteiger partial charge in [0.2, 0.25) is 0 Å². The second kappa shape index (κ2) is 3.53. The number of carbonyl (C=O) groups excluding carboxylic acids is 1. The van der Waals surface area contributed by atoms with Crippen LogP contribution in [-0.2, 0) is 4.79 Å². The molecule has 0 radical (unpaired) electrons. The van der Waals surface area contributed by atoms with E-state index >= 15 is 0 Å². The molecule has 0 aliphatic heterocycles. The number of rotatable bonds is 2. The van der Waals surface area contributed by atoms with E-state index in [0.29, 0.717) is 0 Å². The van der Waals surface area contributed by atoms with Crippen molar-refractivity contribution in [2.24, 2.45) is 0 Å². The molecule has 0 aromatic heterocycles. The Bertz CT molecular complexity index is 30.8. The standard InChI is InChI=1S/CH3OP2/c2-1-4-3/h4H,3H2/q-1/i3T. The summed E-state index contributed by atoms with van der Waals surface area (Å²) in [5.74, 6) is 0. The molecule has 0 rings (SSSR count). The molecule has 1 nitrogen and oxygen atoms in total. The molecule has 4 heavy (non-hydrogen) atoms. The second-order valence-corrected chi connectivity index (χ2v) is 1.43. The van der Waals surface area contributed by atoms with Gasteiger partial charge >= 0.3 is 0 Å². The third-order valence-electron chi connectivity index (χ3n) is 0.0510. The molecule has 0 saturated carbocycles. The van der Waals surface area contributed by atoms with Gasteiger partial charge in [0.25, 0.3) is 0 Å². The maximum Gasteiger partial charge on any atom is 0.0569 e. The zero-order valence-electron chi connectivity index (χ0n) is 2.91. The van der Waals surface area contributed by atoms with E-state index < -0.39 is 0 Å². The van der Waals surface area contributed by atoms with Gasteiger partial charge in [-0.15, -0.1) is 8.87 Å². The maximum atomic E-state index is 9.18. The Hall–Kier alpha value is 0.530. The summed E-state index contributed by atoms with van der Waals surface area (Å²) in [4.78, 5) is 9.18. The normalized spacial score (nSPS) is 15.5. The summed E-state index contributed by atoms with van der Waals surface area (Å²) < 4.78 is 6.38. The molecule has 0 aromatic carbocycles. The smallest absolute Gasteiger partial charge is 0.0569 e. The van der Waals surface area contributed by atoms with Crippen molar-refractivity contribution in [1.29, 1.82) is 1.28 Å². The topological polar surface area (TPSA) is 17.1 Å². The Morgan fingerprint density at radius 2 is 3.25 bits per heavy atom. The predicted octanol–water partition coefficient (Wildman–Crippen LogP) is 0.522. The molecule has 0 aliphatic carbocycles. The fraction of sp³-hybridized carbons (Fsp3) is 0. The molecular formula is CH3OP2-. The van der Waals surface area contributed by atoms with Gasteiger partial charge in [-0.1, -0.05) is 0 Å². The molecule has 0 spiro atoms. The molecule has 0 amide bonds. The summed E-state index contributed by atoms with van der Waals surface area (Å²) in [5.41, 5.74) is 0. The fourth-order valence-corrected chi connectivity index (χ4v) is 0. The lowest BCUT2D eigenvalue weighted by Gasteiger charge is -1.75. The molecule has 2 unspecified atom stereocenters. The van der Waals surface area contributed by atoms with Gasteiger partial charge in [0.15, 0.2) is 0 Å². The van der Waals surface area contributed by atoms with Crippen LogP contribution in [0.25, 0.3) is 0 Å². The van der Waals surface area contributed by atoms with Crippen molar-refractivity contribution in [2.75, 3.05) is 0 Å². The third-order valence-corrected chi connectivity index (χ3v) is 0.459. The van der Waals surface area contributed by atoms with E-state index in [-0.39, 0.29) is 17.1 Å². The van der Waals surface area contributed by atoms with E-state index in [1.165, 1.54) is 0 Å². The van der Waals surface area contributed by atoms with E-state index in [0.717, 1.165) is 0 Å². The molecule has 24 valence electrons. The zero-order chi connectivity index (χ0) is 4.12. The van der Waals surface area contributed by atoms with Crippen molar-refractivity contribution in [3.05, 3.63) is 0 Å². The largest absolute Gasteiger partial charge is 0.537 e. The van der Waals surface area contributed by atoms with Crippen LogP contribution in [0.15, 0.2) is 0 Å². The first kappa shape index (κ1) is 2.75. The molecule has 0 heterocycles. The van der Waals surface area contributed by atoms with Gasteiger partial charge in [-0.05, 0) is 0 Å². The second-order valence-electron chi connectivity index (χ2n) is 0.227. The molecule has 0 aromatic rings. The Morgan fingerprint density at radius 3 is 3.25 bits per heavy atom. The van der Waals surface area contributed by atoms with Crippen LogP contribution in [0.3, 0.4) is 0 Å². The van der Waals surface area contributed by atoms with Crippen LogP contribution in [0.4, 0.5) is 0 Å². The van der Waals surface area contributed by atoms with E-state index in [1.54, 1.807) is 6.03 Å². The highest BCUT2D eigenvalue weighted by Gasteiger charge is 1.28. The molecule has 0 bridgehead atoms. The Balaban J connectivity index is 2.40. The van der Waals surface area contributed by atoms with Crippen molar-refractivity contribution in [3.63, 3.8) is 0 Å². The van der Waals surface area contributed by atoms with E-state index in [9.17, 15) is 4.79 Å². The molecule has 0 aliphatic rings. The quantitative estimate of drug-likeness (QED) is 0.361. The Kier molecular flexibility index (Phi) is 2.43. The lowest BCUT2D eigenvalue weighted by Crippen LogP contribution is -1.29. The lowest BCUT2D eigenvalue weighted by molar-refractivity contribution is 0.570. The summed E-state index contributed by atoms with van der Waals surface area (Å²) in [6, 6.07) is 1.62. The van der Waals surface area contributed by atoms with E-state index in [1.807, 2.05) is 0 Å². The van der Waals surface area contributed by atoms with E-state index in [4.69, 9.17) is 1.28 Å². The van der Waals surface area contributed by atoms with Crippen LogP contribution in [-0.4, -0.2) is 7.31 Å². The zero-order valence-corrected chi connectivity index (χ0v) is 3.91. The average molecular weight is 95.0 g/mol. The lowest BCUT2D eigenvalue weighted by atomic mass is 11.8. The average Bonchev–Trinajstić information content (AvgIpc) is 1.41. The third kappa shape index (κ3) is 2.53. The van der Waals surface area contributed by atoms with Gasteiger partial charge < -0.3 is 4.79 Å². The summed E-state index contributed by atoms with van der Waals surface area (Å²) in [7, 11) is 0.0984. The summed E-state index contributed by atoms with van der Waals surface area (Å²) in [5, 5.41) is 0. The van der Waals surface area contributed by atoms with Crippen LogP contribution in [0.5, 0.6) is 0 Å². The fourth-order valence-electron chi connectivity index (χ4n) is 0. The summed E-state index contributed by atoms with van der Waals surface area (Å²) in [6.45, 7) is 0. The van der Waals surface area contributed by atoms with Crippen LogP contribution in [0.2, 0.25) is 0 Å². The summed E-state index contributed by atoms with van der Waals surface area (Å²) >= 11 is 0. The van der Waals surface area contributed by atoms with Gasteiger partial charge in [0.05, 0.1) is 1.28 Å². The first-order valence-electron chi connectivity index (χ1n) is 1.20. The first-order valence-corrected chi connectivity index (χ1v) is 3.20. The minimum Gasteiger partial charge on any atom is -0.537 e. The molecular weight excluding hydrogens is 90.0 g/mol. The highest BCUT2D eigenvalue weighted by Crippen LogP contribution is 2.12.